The highest BCUT2D eigenvalue weighted by molar-refractivity contribution is 6.32. The van der Waals surface area contributed by atoms with Gasteiger partial charge in [-0.1, -0.05) is 23.7 Å². The van der Waals surface area contributed by atoms with Crippen molar-refractivity contribution < 1.29 is 9.84 Å². The molecular formula is C11H13ClO2. The van der Waals surface area contributed by atoms with E-state index in [-0.39, 0.29) is 6.61 Å². The molecule has 76 valence electrons. The van der Waals surface area contributed by atoms with Crippen LogP contribution in [0.4, 0.5) is 0 Å². The van der Waals surface area contributed by atoms with Gasteiger partial charge in [0.25, 0.3) is 0 Å². The number of halogens is 1. The van der Waals surface area contributed by atoms with E-state index in [0.717, 1.165) is 11.1 Å². The third-order valence-electron chi connectivity index (χ3n) is 1.84. The summed E-state index contributed by atoms with van der Waals surface area (Å²) in [6.07, 6.45) is 1.88. The van der Waals surface area contributed by atoms with E-state index in [1.807, 2.05) is 19.1 Å². The van der Waals surface area contributed by atoms with Crippen molar-refractivity contribution in [2.75, 3.05) is 13.7 Å². The lowest BCUT2D eigenvalue weighted by atomic mass is 10.1. The van der Waals surface area contributed by atoms with Crippen molar-refractivity contribution in [3.63, 3.8) is 0 Å². The first-order valence-corrected chi connectivity index (χ1v) is 4.66. The smallest absolute Gasteiger partial charge is 0.137 e. The SMILES string of the molecule is COc1ccc(C=C(C)CO)cc1Cl. The molecule has 2 nitrogen and oxygen atoms in total. The van der Waals surface area contributed by atoms with Crippen LogP contribution in [0.5, 0.6) is 5.75 Å². The quantitative estimate of drug-likeness (QED) is 0.835. The molecule has 0 aliphatic heterocycles. The van der Waals surface area contributed by atoms with Crippen LogP contribution in [-0.4, -0.2) is 18.8 Å². The third kappa shape index (κ3) is 2.76. The monoisotopic (exact) mass is 212 g/mol. The summed E-state index contributed by atoms with van der Waals surface area (Å²) in [7, 11) is 1.58. The second kappa shape index (κ2) is 5.03. The van der Waals surface area contributed by atoms with E-state index in [0.29, 0.717) is 10.8 Å². The Kier molecular flexibility index (Phi) is 3.98. The fourth-order valence-corrected chi connectivity index (χ4v) is 1.37. The van der Waals surface area contributed by atoms with Crippen molar-refractivity contribution in [2.45, 2.75) is 6.92 Å². The van der Waals surface area contributed by atoms with Gasteiger partial charge in [0, 0.05) is 0 Å². The summed E-state index contributed by atoms with van der Waals surface area (Å²) in [5.74, 6) is 0.658. The van der Waals surface area contributed by atoms with Crippen LogP contribution < -0.4 is 4.74 Å². The number of hydrogen-bond donors (Lipinski definition) is 1. The van der Waals surface area contributed by atoms with Gasteiger partial charge < -0.3 is 9.84 Å². The molecule has 0 saturated heterocycles. The number of benzene rings is 1. The maximum absolute atomic E-state index is 8.84. The highest BCUT2D eigenvalue weighted by Crippen LogP contribution is 2.25. The van der Waals surface area contributed by atoms with E-state index in [2.05, 4.69) is 0 Å². The Labute approximate surface area is 88.8 Å². The molecule has 1 N–H and O–H groups in total. The number of rotatable bonds is 3. The van der Waals surface area contributed by atoms with E-state index in [9.17, 15) is 0 Å². The second-order valence-corrected chi connectivity index (χ2v) is 3.45. The number of aliphatic hydroxyl groups is 1. The van der Waals surface area contributed by atoms with Gasteiger partial charge >= 0.3 is 0 Å². The summed E-state index contributed by atoms with van der Waals surface area (Å²) < 4.78 is 5.03. The van der Waals surface area contributed by atoms with Crippen LogP contribution in [-0.2, 0) is 0 Å². The molecule has 0 atom stereocenters. The molecule has 0 unspecified atom stereocenters. The molecule has 0 bridgehead atoms. The minimum atomic E-state index is 0.0592. The van der Waals surface area contributed by atoms with Gasteiger partial charge in [0.05, 0.1) is 18.7 Å². The molecule has 1 rings (SSSR count). The standard InChI is InChI=1S/C11H13ClO2/c1-8(7-13)5-9-3-4-11(14-2)10(12)6-9/h3-6,13H,7H2,1-2H3. The van der Waals surface area contributed by atoms with E-state index in [4.69, 9.17) is 21.4 Å². The van der Waals surface area contributed by atoms with Gasteiger partial charge in [-0.15, -0.1) is 0 Å². The molecule has 0 aliphatic rings. The fraction of sp³-hybridized carbons (Fsp3) is 0.273. The van der Waals surface area contributed by atoms with Gasteiger partial charge in [0.1, 0.15) is 5.75 Å². The van der Waals surface area contributed by atoms with Gasteiger partial charge in [-0.3, -0.25) is 0 Å². The van der Waals surface area contributed by atoms with Crippen LogP contribution >= 0.6 is 11.6 Å². The minimum Gasteiger partial charge on any atom is -0.495 e. The molecule has 1 aromatic carbocycles. The summed E-state index contributed by atoms with van der Waals surface area (Å²) in [5, 5.41) is 9.42. The van der Waals surface area contributed by atoms with Crippen LogP contribution in [0.2, 0.25) is 5.02 Å². The Hall–Kier alpha value is -0.990. The first kappa shape index (κ1) is 11.1. The lowest BCUT2D eigenvalue weighted by Crippen LogP contribution is -1.86. The van der Waals surface area contributed by atoms with Crippen molar-refractivity contribution in [3.05, 3.63) is 34.4 Å². The zero-order valence-electron chi connectivity index (χ0n) is 8.25. The average molecular weight is 213 g/mol. The molecule has 0 amide bonds. The first-order valence-electron chi connectivity index (χ1n) is 4.29. The van der Waals surface area contributed by atoms with Gasteiger partial charge in [-0.2, -0.15) is 0 Å². The lowest BCUT2D eigenvalue weighted by molar-refractivity contribution is 0.332. The van der Waals surface area contributed by atoms with Gasteiger partial charge in [0.15, 0.2) is 0 Å². The lowest BCUT2D eigenvalue weighted by Gasteiger charge is -2.03. The molecule has 0 fully saturated rings. The molecule has 0 radical (unpaired) electrons. The van der Waals surface area contributed by atoms with Crippen molar-refractivity contribution in [2.24, 2.45) is 0 Å². The topological polar surface area (TPSA) is 29.5 Å². The van der Waals surface area contributed by atoms with Crippen LogP contribution in [0.1, 0.15) is 12.5 Å². The maximum Gasteiger partial charge on any atom is 0.137 e. The van der Waals surface area contributed by atoms with Crippen LogP contribution in [0.15, 0.2) is 23.8 Å². The van der Waals surface area contributed by atoms with Crippen molar-refractivity contribution in [3.8, 4) is 5.75 Å². The summed E-state index contributed by atoms with van der Waals surface area (Å²) in [6.45, 7) is 1.92. The summed E-state index contributed by atoms with van der Waals surface area (Å²) in [5.41, 5.74) is 1.86. The maximum atomic E-state index is 8.84. The minimum absolute atomic E-state index is 0.0592. The van der Waals surface area contributed by atoms with Gasteiger partial charge in [-0.25, -0.2) is 0 Å². The van der Waals surface area contributed by atoms with E-state index >= 15 is 0 Å². The zero-order chi connectivity index (χ0) is 10.6. The van der Waals surface area contributed by atoms with Crippen LogP contribution in [0.25, 0.3) is 6.08 Å². The fourth-order valence-electron chi connectivity index (χ4n) is 1.10. The predicted octanol–water partition coefficient (Wildman–Crippen LogP) is 2.74. The van der Waals surface area contributed by atoms with Crippen LogP contribution in [0, 0.1) is 0 Å². The molecule has 14 heavy (non-hydrogen) atoms. The number of aliphatic hydroxyl groups excluding tert-OH is 1. The number of methoxy groups -OCH3 is 1. The highest BCUT2D eigenvalue weighted by Gasteiger charge is 1.99. The zero-order valence-corrected chi connectivity index (χ0v) is 9.01. The predicted molar refractivity (Wildman–Crippen MR) is 58.7 cm³/mol. The van der Waals surface area contributed by atoms with Gasteiger partial charge in [0.2, 0.25) is 0 Å². The normalized spacial score (nSPS) is 11.6. The van der Waals surface area contributed by atoms with Crippen molar-refractivity contribution in [1.82, 2.24) is 0 Å². The Bertz CT molecular complexity index is 345. The third-order valence-corrected chi connectivity index (χ3v) is 2.13. The second-order valence-electron chi connectivity index (χ2n) is 3.04. The number of ether oxygens (including phenoxy) is 1. The van der Waals surface area contributed by atoms with E-state index in [1.165, 1.54) is 0 Å². The summed E-state index contributed by atoms with van der Waals surface area (Å²) >= 11 is 5.94. The summed E-state index contributed by atoms with van der Waals surface area (Å²) in [4.78, 5) is 0. The summed E-state index contributed by atoms with van der Waals surface area (Å²) in [6, 6.07) is 5.50. The molecule has 0 aliphatic carbocycles. The Morgan fingerprint density at radius 1 is 1.57 bits per heavy atom. The largest absolute Gasteiger partial charge is 0.495 e. The first-order chi connectivity index (χ1) is 6.67. The van der Waals surface area contributed by atoms with Crippen molar-refractivity contribution >= 4 is 17.7 Å². The Balaban J connectivity index is 2.97. The molecule has 0 spiro atoms. The molecule has 0 heterocycles. The Morgan fingerprint density at radius 2 is 2.29 bits per heavy atom. The molecule has 1 aromatic rings. The molecule has 0 saturated carbocycles. The molecular weight excluding hydrogens is 200 g/mol. The Morgan fingerprint density at radius 3 is 2.79 bits per heavy atom. The van der Waals surface area contributed by atoms with Gasteiger partial charge in [-0.05, 0) is 30.2 Å². The molecule has 3 heteroatoms. The van der Waals surface area contributed by atoms with Crippen molar-refractivity contribution in [1.29, 1.82) is 0 Å². The van der Waals surface area contributed by atoms with E-state index in [1.54, 1.807) is 19.2 Å². The number of hydrogen-bond acceptors (Lipinski definition) is 2. The molecule has 0 aromatic heterocycles. The average Bonchev–Trinajstić information content (AvgIpc) is 2.18. The van der Waals surface area contributed by atoms with Crippen LogP contribution in [0.3, 0.4) is 0 Å². The highest BCUT2D eigenvalue weighted by atomic mass is 35.5. The van der Waals surface area contributed by atoms with E-state index < -0.39 is 0 Å².